The average molecular weight is 378 g/mol. The van der Waals surface area contributed by atoms with Gasteiger partial charge in [-0.15, -0.1) is 5.10 Å². The van der Waals surface area contributed by atoms with E-state index in [1.165, 1.54) is 0 Å². The highest BCUT2D eigenvalue weighted by Gasteiger charge is 2.22. The Balaban J connectivity index is 1.35. The molecule has 4 rings (SSSR count). The lowest BCUT2D eigenvalue weighted by atomic mass is 9.98. The Kier molecular flexibility index (Phi) is 5.28. The lowest BCUT2D eigenvalue weighted by molar-refractivity contribution is 0.0920. The van der Waals surface area contributed by atoms with E-state index >= 15 is 0 Å². The van der Waals surface area contributed by atoms with Gasteiger partial charge in [0.05, 0.1) is 5.69 Å². The van der Waals surface area contributed by atoms with Crippen molar-refractivity contribution >= 4 is 22.7 Å². The maximum atomic E-state index is 12.5. The van der Waals surface area contributed by atoms with Crippen molar-refractivity contribution in [1.82, 2.24) is 15.5 Å². The topological polar surface area (TPSA) is 71.3 Å². The molecule has 3 aromatic rings. The second-order valence-electron chi connectivity index (χ2n) is 7.78. The van der Waals surface area contributed by atoms with E-state index in [1.807, 2.05) is 24.3 Å². The highest BCUT2D eigenvalue weighted by Crippen LogP contribution is 2.23. The van der Waals surface area contributed by atoms with E-state index < -0.39 is 0 Å². The summed E-state index contributed by atoms with van der Waals surface area (Å²) in [6, 6.07) is 13.6. The predicted molar refractivity (Wildman–Crippen MR) is 110 cm³/mol. The third-order valence-electron chi connectivity index (χ3n) is 5.31. The molecule has 3 heterocycles. The number of hydrogen-bond acceptors (Lipinski definition) is 5. The first-order chi connectivity index (χ1) is 13.6. The highest BCUT2D eigenvalue weighted by molar-refractivity contribution is 5.96. The number of para-hydroxylation sites is 1. The number of aromatic nitrogens is 2. The van der Waals surface area contributed by atoms with Gasteiger partial charge < -0.3 is 14.6 Å². The SMILES string of the molecule is CC(C)c1ccc(N2CCCC(CNC(=O)c3cc4ccccc4o3)C2)nn1. The number of amides is 1. The van der Waals surface area contributed by atoms with Gasteiger partial charge in [-0.1, -0.05) is 32.0 Å². The van der Waals surface area contributed by atoms with Crippen LogP contribution in [0, 0.1) is 5.92 Å². The van der Waals surface area contributed by atoms with E-state index in [0.29, 0.717) is 24.1 Å². The molecule has 1 saturated heterocycles. The zero-order valence-corrected chi connectivity index (χ0v) is 16.4. The maximum Gasteiger partial charge on any atom is 0.287 e. The Morgan fingerprint density at radius 1 is 1.25 bits per heavy atom. The quantitative estimate of drug-likeness (QED) is 0.727. The summed E-state index contributed by atoms with van der Waals surface area (Å²) in [5, 5.41) is 12.7. The molecule has 0 spiro atoms. The van der Waals surface area contributed by atoms with Crippen LogP contribution in [0.3, 0.4) is 0 Å². The Labute approximate surface area is 164 Å². The fraction of sp³-hybridized carbons (Fsp3) is 0.409. The van der Waals surface area contributed by atoms with E-state index in [-0.39, 0.29) is 5.91 Å². The fourth-order valence-electron chi connectivity index (χ4n) is 3.67. The number of carbonyl (C=O) groups is 1. The third kappa shape index (κ3) is 4.01. The van der Waals surface area contributed by atoms with Gasteiger partial charge in [0.25, 0.3) is 5.91 Å². The lowest BCUT2D eigenvalue weighted by Gasteiger charge is -2.33. The predicted octanol–water partition coefficient (Wildman–Crippen LogP) is 3.99. The summed E-state index contributed by atoms with van der Waals surface area (Å²) in [7, 11) is 0. The van der Waals surface area contributed by atoms with E-state index in [0.717, 1.165) is 48.4 Å². The number of piperidine rings is 1. The van der Waals surface area contributed by atoms with Gasteiger partial charge in [-0.3, -0.25) is 4.79 Å². The number of rotatable bonds is 5. The maximum absolute atomic E-state index is 12.5. The number of furan rings is 1. The van der Waals surface area contributed by atoms with Crippen LogP contribution in [0.15, 0.2) is 46.9 Å². The molecule has 0 aliphatic carbocycles. The molecule has 1 N–H and O–H groups in total. The van der Waals surface area contributed by atoms with Crippen molar-refractivity contribution in [3.05, 3.63) is 53.9 Å². The Hall–Kier alpha value is -2.89. The van der Waals surface area contributed by atoms with Gasteiger partial charge in [0.15, 0.2) is 11.6 Å². The molecule has 1 fully saturated rings. The Morgan fingerprint density at radius 2 is 2.11 bits per heavy atom. The summed E-state index contributed by atoms with van der Waals surface area (Å²) in [6.07, 6.45) is 2.17. The molecule has 1 amide bonds. The van der Waals surface area contributed by atoms with Crippen molar-refractivity contribution in [2.75, 3.05) is 24.5 Å². The number of anilines is 1. The second kappa shape index (κ2) is 8.00. The third-order valence-corrected chi connectivity index (χ3v) is 5.31. The van der Waals surface area contributed by atoms with Crippen LogP contribution in [-0.2, 0) is 0 Å². The summed E-state index contributed by atoms with van der Waals surface area (Å²) in [5.74, 6) is 1.88. The molecule has 1 atom stereocenters. The number of nitrogens with one attached hydrogen (secondary N) is 1. The zero-order valence-electron chi connectivity index (χ0n) is 16.4. The van der Waals surface area contributed by atoms with Crippen LogP contribution < -0.4 is 10.2 Å². The number of fused-ring (bicyclic) bond motifs is 1. The van der Waals surface area contributed by atoms with Gasteiger partial charge in [-0.25, -0.2) is 0 Å². The van der Waals surface area contributed by atoms with Crippen LogP contribution in [-0.4, -0.2) is 35.7 Å². The van der Waals surface area contributed by atoms with Crippen molar-refractivity contribution in [1.29, 1.82) is 0 Å². The summed E-state index contributed by atoms with van der Waals surface area (Å²) < 4.78 is 5.65. The van der Waals surface area contributed by atoms with Gasteiger partial charge in [0.1, 0.15) is 5.58 Å². The van der Waals surface area contributed by atoms with Gasteiger partial charge in [0.2, 0.25) is 0 Å². The first-order valence-corrected chi connectivity index (χ1v) is 9.95. The standard InChI is InChI=1S/C22H26N4O2/c1-15(2)18-9-10-21(25-24-18)26-11-5-6-16(14-26)13-23-22(27)20-12-17-7-3-4-8-19(17)28-20/h3-4,7-10,12,15-16H,5-6,11,13-14H2,1-2H3,(H,23,27). The smallest absolute Gasteiger partial charge is 0.287 e. The molecule has 2 aromatic heterocycles. The fourth-order valence-corrected chi connectivity index (χ4v) is 3.67. The molecule has 1 aromatic carbocycles. The number of carbonyl (C=O) groups excluding carboxylic acids is 1. The Morgan fingerprint density at radius 3 is 2.86 bits per heavy atom. The second-order valence-corrected chi connectivity index (χ2v) is 7.78. The number of benzene rings is 1. The minimum absolute atomic E-state index is 0.158. The van der Waals surface area contributed by atoms with Crippen molar-refractivity contribution in [2.45, 2.75) is 32.6 Å². The Bertz CT molecular complexity index is 916. The normalized spacial score (nSPS) is 17.2. The molecular weight excluding hydrogens is 352 g/mol. The molecule has 0 radical (unpaired) electrons. The van der Waals surface area contributed by atoms with Crippen LogP contribution in [0.25, 0.3) is 11.0 Å². The van der Waals surface area contributed by atoms with Crippen molar-refractivity contribution in [2.24, 2.45) is 5.92 Å². The molecule has 0 bridgehead atoms. The van der Waals surface area contributed by atoms with Crippen molar-refractivity contribution < 1.29 is 9.21 Å². The van der Waals surface area contributed by atoms with E-state index in [1.54, 1.807) is 6.07 Å². The van der Waals surface area contributed by atoms with Gasteiger partial charge in [0, 0.05) is 25.0 Å². The first-order valence-electron chi connectivity index (χ1n) is 9.95. The summed E-state index contributed by atoms with van der Waals surface area (Å²) in [4.78, 5) is 14.7. The molecule has 1 unspecified atom stereocenters. The average Bonchev–Trinajstić information content (AvgIpc) is 3.17. The minimum atomic E-state index is -0.158. The van der Waals surface area contributed by atoms with Crippen molar-refractivity contribution in [3.8, 4) is 0 Å². The molecule has 1 aliphatic rings. The van der Waals surface area contributed by atoms with Crippen LogP contribution in [0.5, 0.6) is 0 Å². The summed E-state index contributed by atoms with van der Waals surface area (Å²) in [5.41, 5.74) is 1.75. The molecule has 1 aliphatic heterocycles. The molecular formula is C22H26N4O2. The molecule has 0 saturated carbocycles. The van der Waals surface area contributed by atoms with Crippen molar-refractivity contribution in [3.63, 3.8) is 0 Å². The number of nitrogens with zero attached hydrogens (tertiary/aromatic N) is 3. The van der Waals surface area contributed by atoms with Crippen LogP contribution in [0.2, 0.25) is 0 Å². The molecule has 6 nitrogen and oxygen atoms in total. The lowest BCUT2D eigenvalue weighted by Crippen LogP contribution is -2.41. The summed E-state index contributed by atoms with van der Waals surface area (Å²) >= 11 is 0. The van der Waals surface area contributed by atoms with Crippen LogP contribution in [0.1, 0.15) is 48.9 Å². The zero-order chi connectivity index (χ0) is 19.5. The van der Waals surface area contributed by atoms with Crippen LogP contribution >= 0.6 is 0 Å². The molecule has 146 valence electrons. The van der Waals surface area contributed by atoms with Gasteiger partial charge >= 0.3 is 0 Å². The van der Waals surface area contributed by atoms with E-state index in [2.05, 4.69) is 46.4 Å². The monoisotopic (exact) mass is 378 g/mol. The highest BCUT2D eigenvalue weighted by atomic mass is 16.3. The largest absolute Gasteiger partial charge is 0.451 e. The summed E-state index contributed by atoms with van der Waals surface area (Å²) in [6.45, 7) is 6.71. The van der Waals surface area contributed by atoms with E-state index in [9.17, 15) is 4.79 Å². The van der Waals surface area contributed by atoms with Gasteiger partial charge in [-0.2, -0.15) is 5.10 Å². The van der Waals surface area contributed by atoms with Crippen LogP contribution in [0.4, 0.5) is 5.82 Å². The molecule has 28 heavy (non-hydrogen) atoms. The number of hydrogen-bond donors (Lipinski definition) is 1. The minimum Gasteiger partial charge on any atom is -0.451 e. The van der Waals surface area contributed by atoms with E-state index in [4.69, 9.17) is 4.42 Å². The first kappa shape index (κ1) is 18.5. The van der Waals surface area contributed by atoms with Gasteiger partial charge in [-0.05, 0) is 48.9 Å². The molecule has 6 heteroatoms.